The first kappa shape index (κ1) is 14.6. The third-order valence-electron chi connectivity index (χ3n) is 3.94. The van der Waals surface area contributed by atoms with Crippen molar-refractivity contribution in [2.75, 3.05) is 13.7 Å². The summed E-state index contributed by atoms with van der Waals surface area (Å²) in [5, 5.41) is 4.01. The van der Waals surface area contributed by atoms with Crippen molar-refractivity contribution >= 4 is 15.9 Å². The standard InChI is InChI=1S/C16H19BrN2O2/c1-11-8-16(21-18-11)14-4-3-7-19(14)10-12-5-6-15(20-2)13(17)9-12/h5-6,8-9,14H,3-4,7,10H2,1-2H3. The second-order valence-corrected chi connectivity index (χ2v) is 6.32. The van der Waals surface area contributed by atoms with E-state index < -0.39 is 0 Å². The number of hydrogen-bond acceptors (Lipinski definition) is 4. The topological polar surface area (TPSA) is 38.5 Å². The van der Waals surface area contributed by atoms with Gasteiger partial charge in [0.25, 0.3) is 0 Å². The van der Waals surface area contributed by atoms with Gasteiger partial charge in [-0.1, -0.05) is 11.2 Å². The molecule has 0 spiro atoms. The van der Waals surface area contributed by atoms with E-state index >= 15 is 0 Å². The van der Waals surface area contributed by atoms with Crippen LogP contribution < -0.4 is 4.74 Å². The minimum atomic E-state index is 0.340. The number of aromatic nitrogens is 1. The van der Waals surface area contributed by atoms with E-state index in [4.69, 9.17) is 9.26 Å². The second kappa shape index (κ2) is 6.20. The summed E-state index contributed by atoms with van der Waals surface area (Å²) >= 11 is 3.55. The lowest BCUT2D eigenvalue weighted by Gasteiger charge is -2.22. The van der Waals surface area contributed by atoms with Gasteiger partial charge in [-0.05, 0) is 59.9 Å². The smallest absolute Gasteiger partial charge is 0.154 e. The van der Waals surface area contributed by atoms with E-state index in [1.54, 1.807) is 7.11 Å². The number of likely N-dealkylation sites (tertiary alicyclic amines) is 1. The number of nitrogens with zero attached hydrogens (tertiary/aromatic N) is 2. The number of aryl methyl sites for hydroxylation is 1. The Labute approximate surface area is 133 Å². The molecule has 2 aromatic rings. The average Bonchev–Trinajstić information content (AvgIpc) is 3.08. The SMILES string of the molecule is COc1ccc(CN2CCCC2c2cc(C)no2)cc1Br. The Morgan fingerprint density at radius 2 is 2.29 bits per heavy atom. The fourth-order valence-corrected chi connectivity index (χ4v) is 3.51. The van der Waals surface area contributed by atoms with Gasteiger partial charge in [0, 0.05) is 12.6 Å². The van der Waals surface area contributed by atoms with Crippen LogP contribution in [-0.2, 0) is 6.54 Å². The highest BCUT2D eigenvalue weighted by Crippen LogP contribution is 2.34. The quantitative estimate of drug-likeness (QED) is 0.832. The molecule has 2 heterocycles. The Morgan fingerprint density at radius 1 is 1.43 bits per heavy atom. The predicted molar refractivity (Wildman–Crippen MR) is 84.3 cm³/mol. The molecule has 1 aromatic heterocycles. The average molecular weight is 351 g/mol. The number of benzene rings is 1. The van der Waals surface area contributed by atoms with Crippen molar-refractivity contribution < 1.29 is 9.26 Å². The molecule has 0 amide bonds. The third kappa shape index (κ3) is 3.14. The molecule has 4 nitrogen and oxygen atoms in total. The van der Waals surface area contributed by atoms with Gasteiger partial charge in [-0.25, -0.2) is 0 Å². The Morgan fingerprint density at radius 3 is 2.95 bits per heavy atom. The van der Waals surface area contributed by atoms with E-state index in [9.17, 15) is 0 Å². The maximum absolute atomic E-state index is 5.46. The maximum atomic E-state index is 5.46. The normalized spacial score (nSPS) is 19.1. The third-order valence-corrected chi connectivity index (χ3v) is 4.56. The van der Waals surface area contributed by atoms with Crippen molar-refractivity contribution in [2.45, 2.75) is 32.4 Å². The minimum absolute atomic E-state index is 0.340. The van der Waals surface area contributed by atoms with Crippen LogP contribution in [0.3, 0.4) is 0 Å². The van der Waals surface area contributed by atoms with Crippen molar-refractivity contribution in [3.05, 3.63) is 45.8 Å². The van der Waals surface area contributed by atoms with Gasteiger partial charge in [0.2, 0.25) is 0 Å². The molecule has 1 saturated heterocycles. The van der Waals surface area contributed by atoms with Crippen molar-refractivity contribution in [1.29, 1.82) is 0 Å². The summed E-state index contributed by atoms with van der Waals surface area (Å²) in [5.41, 5.74) is 2.22. The zero-order valence-electron chi connectivity index (χ0n) is 12.3. The number of ether oxygens (including phenoxy) is 1. The van der Waals surface area contributed by atoms with Gasteiger partial charge in [-0.3, -0.25) is 4.90 Å². The van der Waals surface area contributed by atoms with Crippen LogP contribution >= 0.6 is 15.9 Å². The van der Waals surface area contributed by atoms with E-state index in [1.165, 1.54) is 12.0 Å². The Bertz CT molecular complexity index is 626. The summed E-state index contributed by atoms with van der Waals surface area (Å²) in [6, 6.07) is 8.63. The summed E-state index contributed by atoms with van der Waals surface area (Å²) in [6.45, 7) is 3.97. The highest BCUT2D eigenvalue weighted by atomic mass is 79.9. The van der Waals surface area contributed by atoms with Crippen LogP contribution in [-0.4, -0.2) is 23.7 Å². The van der Waals surface area contributed by atoms with Gasteiger partial charge in [-0.15, -0.1) is 0 Å². The van der Waals surface area contributed by atoms with Gasteiger partial charge in [-0.2, -0.15) is 0 Å². The fraction of sp³-hybridized carbons (Fsp3) is 0.438. The van der Waals surface area contributed by atoms with E-state index in [2.05, 4.69) is 38.1 Å². The summed E-state index contributed by atoms with van der Waals surface area (Å²) in [6.07, 6.45) is 2.33. The molecule has 0 bridgehead atoms. The summed E-state index contributed by atoms with van der Waals surface area (Å²) in [7, 11) is 1.68. The van der Waals surface area contributed by atoms with E-state index in [0.717, 1.165) is 41.2 Å². The Balaban J connectivity index is 1.75. The molecule has 0 saturated carbocycles. The number of rotatable bonds is 4. The fourth-order valence-electron chi connectivity index (χ4n) is 2.92. The molecule has 0 radical (unpaired) electrons. The molecule has 112 valence electrons. The van der Waals surface area contributed by atoms with Crippen molar-refractivity contribution in [1.82, 2.24) is 10.1 Å². The summed E-state index contributed by atoms with van der Waals surface area (Å²) in [4.78, 5) is 2.45. The lowest BCUT2D eigenvalue weighted by molar-refractivity contribution is 0.206. The van der Waals surface area contributed by atoms with Gasteiger partial charge >= 0.3 is 0 Å². The maximum Gasteiger partial charge on any atom is 0.154 e. The van der Waals surface area contributed by atoms with Crippen LogP contribution in [0.1, 0.15) is 35.9 Å². The largest absolute Gasteiger partial charge is 0.496 e. The van der Waals surface area contributed by atoms with E-state index in [-0.39, 0.29) is 0 Å². The van der Waals surface area contributed by atoms with Crippen LogP contribution in [0.2, 0.25) is 0 Å². The first-order chi connectivity index (χ1) is 10.2. The molecule has 1 aliphatic rings. The first-order valence-corrected chi connectivity index (χ1v) is 7.96. The predicted octanol–water partition coefficient (Wildman–Crippen LogP) is 4.09. The number of methoxy groups -OCH3 is 1. The molecular weight excluding hydrogens is 332 g/mol. The molecule has 21 heavy (non-hydrogen) atoms. The molecule has 1 fully saturated rings. The molecule has 0 aliphatic carbocycles. The van der Waals surface area contributed by atoms with Crippen molar-refractivity contribution in [3.63, 3.8) is 0 Å². The monoisotopic (exact) mass is 350 g/mol. The Hall–Kier alpha value is -1.33. The highest BCUT2D eigenvalue weighted by Gasteiger charge is 2.29. The summed E-state index contributed by atoms with van der Waals surface area (Å²) < 4.78 is 11.7. The van der Waals surface area contributed by atoms with Crippen molar-refractivity contribution in [3.8, 4) is 5.75 Å². The molecule has 1 aliphatic heterocycles. The number of halogens is 1. The molecule has 0 N–H and O–H groups in total. The molecule has 1 aromatic carbocycles. The Kier molecular flexibility index (Phi) is 4.31. The zero-order valence-corrected chi connectivity index (χ0v) is 13.9. The second-order valence-electron chi connectivity index (χ2n) is 5.47. The molecule has 1 atom stereocenters. The van der Waals surface area contributed by atoms with Gasteiger partial charge in [0.15, 0.2) is 5.76 Å². The van der Waals surface area contributed by atoms with Crippen LogP contribution in [0.4, 0.5) is 0 Å². The van der Waals surface area contributed by atoms with Crippen LogP contribution in [0.25, 0.3) is 0 Å². The van der Waals surface area contributed by atoms with E-state index in [1.807, 2.05) is 19.1 Å². The van der Waals surface area contributed by atoms with Crippen LogP contribution in [0, 0.1) is 6.92 Å². The lowest BCUT2D eigenvalue weighted by Crippen LogP contribution is -2.22. The molecule has 5 heteroatoms. The molecule has 1 unspecified atom stereocenters. The van der Waals surface area contributed by atoms with Crippen LogP contribution in [0.15, 0.2) is 33.3 Å². The van der Waals surface area contributed by atoms with Crippen molar-refractivity contribution in [2.24, 2.45) is 0 Å². The van der Waals surface area contributed by atoms with E-state index in [0.29, 0.717) is 6.04 Å². The lowest BCUT2D eigenvalue weighted by atomic mass is 10.1. The van der Waals surface area contributed by atoms with Gasteiger partial charge in [0.05, 0.1) is 23.3 Å². The van der Waals surface area contributed by atoms with Gasteiger partial charge < -0.3 is 9.26 Å². The minimum Gasteiger partial charge on any atom is -0.496 e. The number of hydrogen-bond donors (Lipinski definition) is 0. The highest BCUT2D eigenvalue weighted by molar-refractivity contribution is 9.10. The van der Waals surface area contributed by atoms with Crippen LogP contribution in [0.5, 0.6) is 5.75 Å². The van der Waals surface area contributed by atoms with Gasteiger partial charge in [0.1, 0.15) is 5.75 Å². The first-order valence-electron chi connectivity index (χ1n) is 7.17. The molecular formula is C16H19BrN2O2. The zero-order chi connectivity index (χ0) is 14.8. The summed E-state index contributed by atoms with van der Waals surface area (Å²) in [5.74, 6) is 1.85. The molecule has 3 rings (SSSR count).